The molecule has 3 aromatic carbocycles. The Hall–Kier alpha value is -4.30. The molecule has 0 bridgehead atoms. The second-order valence-electron chi connectivity index (χ2n) is 7.41. The highest BCUT2D eigenvalue weighted by molar-refractivity contribution is 7.21. The monoisotopic (exact) mass is 455 g/mol. The molecular weight excluding hydrogens is 438 g/mol. The first-order valence-corrected chi connectivity index (χ1v) is 10.9. The summed E-state index contributed by atoms with van der Waals surface area (Å²) in [7, 11) is 0. The number of furan rings is 1. The van der Waals surface area contributed by atoms with Crippen LogP contribution in [0.3, 0.4) is 0 Å². The number of para-hydroxylation sites is 2. The molecule has 0 aliphatic carbocycles. The molecule has 0 aliphatic rings. The molecule has 0 atom stereocenters. The fraction of sp³-hybridized carbons (Fsp3) is 0.0400. The molecule has 162 valence electrons. The van der Waals surface area contributed by atoms with Gasteiger partial charge in [0.15, 0.2) is 5.76 Å². The van der Waals surface area contributed by atoms with Crippen LogP contribution in [0.5, 0.6) is 0 Å². The molecule has 5 rings (SSSR count). The van der Waals surface area contributed by atoms with E-state index in [-0.39, 0.29) is 17.2 Å². The normalized spacial score (nSPS) is 10.9. The van der Waals surface area contributed by atoms with Gasteiger partial charge in [0.05, 0.1) is 20.7 Å². The van der Waals surface area contributed by atoms with Crippen LogP contribution in [-0.4, -0.2) is 15.8 Å². The average Bonchev–Trinajstić information content (AvgIpc) is 3.48. The maximum absolute atomic E-state index is 12.8. The Kier molecular flexibility index (Phi) is 5.20. The number of nitro benzene ring substituents is 1. The molecule has 8 heteroatoms. The lowest BCUT2D eigenvalue weighted by atomic mass is 10.1. The van der Waals surface area contributed by atoms with E-state index in [0.29, 0.717) is 11.3 Å². The lowest BCUT2D eigenvalue weighted by Crippen LogP contribution is -2.11. The summed E-state index contributed by atoms with van der Waals surface area (Å²) in [6, 6.07) is 23.0. The number of rotatable bonds is 5. The van der Waals surface area contributed by atoms with Crippen LogP contribution < -0.4 is 5.32 Å². The van der Waals surface area contributed by atoms with Crippen molar-refractivity contribution in [1.82, 2.24) is 4.98 Å². The Morgan fingerprint density at radius 3 is 2.61 bits per heavy atom. The third-order valence-corrected chi connectivity index (χ3v) is 6.30. The van der Waals surface area contributed by atoms with Crippen LogP contribution in [-0.2, 0) is 0 Å². The van der Waals surface area contributed by atoms with E-state index in [4.69, 9.17) is 4.42 Å². The highest BCUT2D eigenvalue weighted by Gasteiger charge is 2.20. The van der Waals surface area contributed by atoms with Gasteiger partial charge in [-0.3, -0.25) is 14.9 Å². The second kappa shape index (κ2) is 8.33. The van der Waals surface area contributed by atoms with Crippen LogP contribution in [0.1, 0.15) is 16.1 Å². The van der Waals surface area contributed by atoms with Crippen molar-refractivity contribution in [1.29, 1.82) is 0 Å². The number of benzene rings is 3. The fourth-order valence-corrected chi connectivity index (χ4v) is 4.52. The molecule has 7 nitrogen and oxygen atoms in total. The van der Waals surface area contributed by atoms with Crippen LogP contribution in [0.25, 0.3) is 32.1 Å². The summed E-state index contributed by atoms with van der Waals surface area (Å²) in [6.45, 7) is 1.91. The maximum atomic E-state index is 12.8. The average molecular weight is 455 g/mol. The molecule has 0 spiro atoms. The van der Waals surface area contributed by atoms with Crippen LogP contribution in [0.15, 0.2) is 83.3 Å². The van der Waals surface area contributed by atoms with Crippen LogP contribution >= 0.6 is 11.3 Å². The number of aryl methyl sites for hydroxylation is 1. The van der Waals surface area contributed by atoms with Crippen molar-refractivity contribution in [2.24, 2.45) is 0 Å². The number of anilines is 1. The quantitative estimate of drug-likeness (QED) is 0.235. The Morgan fingerprint density at radius 2 is 1.82 bits per heavy atom. The standard InChI is InChI=1S/C25H17N3O4S/c1-15-14-16(25-27-19-7-3-5-9-23(19)33-25)10-11-18(15)26-24(29)22-13-12-21(32-22)17-6-2-4-8-20(17)28(30)31/h2-14H,1H3,(H,26,29). The molecule has 1 amide bonds. The van der Waals surface area contributed by atoms with Gasteiger partial charge >= 0.3 is 0 Å². The van der Waals surface area contributed by atoms with E-state index in [9.17, 15) is 14.9 Å². The number of aromatic nitrogens is 1. The summed E-state index contributed by atoms with van der Waals surface area (Å²) in [4.78, 5) is 28.2. The van der Waals surface area contributed by atoms with Crippen LogP contribution in [0, 0.1) is 17.0 Å². The van der Waals surface area contributed by atoms with E-state index >= 15 is 0 Å². The number of hydrogen-bond acceptors (Lipinski definition) is 6. The summed E-state index contributed by atoms with van der Waals surface area (Å²) in [5.41, 5.74) is 3.69. The van der Waals surface area contributed by atoms with Gasteiger partial charge in [-0.1, -0.05) is 24.3 Å². The number of amides is 1. The molecule has 0 saturated carbocycles. The summed E-state index contributed by atoms with van der Waals surface area (Å²) in [6.07, 6.45) is 0. The Bertz CT molecular complexity index is 1490. The van der Waals surface area contributed by atoms with Crippen LogP contribution in [0.4, 0.5) is 11.4 Å². The topological polar surface area (TPSA) is 98.3 Å². The van der Waals surface area contributed by atoms with Gasteiger partial charge in [0.1, 0.15) is 10.8 Å². The first-order chi connectivity index (χ1) is 16.0. The fourth-order valence-electron chi connectivity index (χ4n) is 3.56. The largest absolute Gasteiger partial charge is 0.451 e. The Labute approximate surface area is 192 Å². The Balaban J connectivity index is 1.37. The third kappa shape index (κ3) is 3.99. The van der Waals surface area contributed by atoms with Gasteiger partial charge in [-0.15, -0.1) is 11.3 Å². The van der Waals surface area contributed by atoms with Crippen LogP contribution in [0.2, 0.25) is 0 Å². The zero-order valence-corrected chi connectivity index (χ0v) is 18.3. The van der Waals surface area contributed by atoms with E-state index in [1.165, 1.54) is 12.1 Å². The number of carbonyl (C=O) groups is 1. The summed E-state index contributed by atoms with van der Waals surface area (Å²) in [5.74, 6) is -0.108. The molecule has 0 fully saturated rings. The number of nitro groups is 1. The number of hydrogen-bond donors (Lipinski definition) is 1. The number of nitrogens with one attached hydrogen (secondary N) is 1. The first kappa shape index (κ1) is 20.6. The minimum absolute atomic E-state index is 0.0674. The lowest BCUT2D eigenvalue weighted by Gasteiger charge is -2.08. The van der Waals surface area contributed by atoms with Crippen molar-refractivity contribution in [3.05, 3.63) is 100 Å². The molecule has 0 aliphatic heterocycles. The highest BCUT2D eigenvalue weighted by atomic mass is 32.1. The summed E-state index contributed by atoms with van der Waals surface area (Å²) in [5, 5.41) is 15.0. The molecule has 2 heterocycles. The van der Waals surface area contributed by atoms with Gasteiger partial charge in [0, 0.05) is 17.3 Å². The lowest BCUT2D eigenvalue weighted by molar-refractivity contribution is -0.384. The van der Waals surface area contributed by atoms with Crippen molar-refractivity contribution < 1.29 is 14.1 Å². The number of carbonyl (C=O) groups excluding carboxylic acids is 1. The predicted octanol–water partition coefficient (Wildman–Crippen LogP) is 6.69. The maximum Gasteiger partial charge on any atom is 0.291 e. The van der Waals surface area contributed by atoms with Gasteiger partial charge in [-0.25, -0.2) is 4.98 Å². The predicted molar refractivity (Wildman–Crippen MR) is 129 cm³/mol. The third-order valence-electron chi connectivity index (χ3n) is 5.21. The molecule has 33 heavy (non-hydrogen) atoms. The minimum atomic E-state index is -0.478. The molecule has 5 aromatic rings. The zero-order chi connectivity index (χ0) is 22.9. The zero-order valence-electron chi connectivity index (χ0n) is 17.4. The molecule has 0 saturated heterocycles. The summed E-state index contributed by atoms with van der Waals surface area (Å²) >= 11 is 1.62. The van der Waals surface area contributed by atoms with Gasteiger partial charge in [-0.05, 0) is 61.0 Å². The molecule has 0 radical (unpaired) electrons. The number of nitrogens with zero attached hydrogens (tertiary/aromatic N) is 2. The number of thiazole rings is 1. The van der Waals surface area contributed by atoms with E-state index in [1.807, 2.05) is 49.4 Å². The van der Waals surface area contributed by atoms with Crippen molar-refractivity contribution in [2.75, 3.05) is 5.32 Å². The minimum Gasteiger partial charge on any atom is -0.451 e. The van der Waals surface area contributed by atoms with E-state index in [2.05, 4.69) is 10.3 Å². The summed E-state index contributed by atoms with van der Waals surface area (Å²) < 4.78 is 6.76. The molecule has 0 unspecified atom stereocenters. The van der Waals surface area contributed by atoms with Crippen molar-refractivity contribution >= 4 is 38.8 Å². The van der Waals surface area contributed by atoms with E-state index < -0.39 is 10.8 Å². The smallest absolute Gasteiger partial charge is 0.291 e. The van der Waals surface area contributed by atoms with E-state index in [0.717, 1.165) is 26.4 Å². The second-order valence-corrected chi connectivity index (χ2v) is 8.44. The molecule has 2 aromatic heterocycles. The van der Waals surface area contributed by atoms with E-state index in [1.54, 1.807) is 35.6 Å². The Morgan fingerprint density at radius 1 is 1.03 bits per heavy atom. The van der Waals surface area contributed by atoms with Gasteiger partial charge in [0.25, 0.3) is 11.6 Å². The number of fused-ring (bicyclic) bond motifs is 1. The van der Waals surface area contributed by atoms with Gasteiger partial charge < -0.3 is 9.73 Å². The van der Waals surface area contributed by atoms with Crippen molar-refractivity contribution in [2.45, 2.75) is 6.92 Å². The SMILES string of the molecule is Cc1cc(-c2nc3ccccc3s2)ccc1NC(=O)c1ccc(-c2ccccc2[N+](=O)[O-])o1. The first-order valence-electron chi connectivity index (χ1n) is 10.1. The highest BCUT2D eigenvalue weighted by Crippen LogP contribution is 2.33. The van der Waals surface area contributed by atoms with Crippen molar-refractivity contribution in [3.8, 4) is 21.9 Å². The molecule has 1 N–H and O–H groups in total. The molecular formula is C25H17N3O4S. The van der Waals surface area contributed by atoms with Gasteiger partial charge in [0.2, 0.25) is 0 Å². The van der Waals surface area contributed by atoms with Gasteiger partial charge in [-0.2, -0.15) is 0 Å². The van der Waals surface area contributed by atoms with Crippen molar-refractivity contribution in [3.63, 3.8) is 0 Å².